The normalized spacial score (nSPS) is 21.1. The van der Waals surface area contributed by atoms with E-state index in [1.54, 1.807) is 0 Å². The van der Waals surface area contributed by atoms with Crippen LogP contribution in [0.3, 0.4) is 0 Å². The SMILES string of the molecule is CCN1CCCCC1n1c(=O)[nH]c2ccc(Cl)cc21. The van der Waals surface area contributed by atoms with Crippen LogP contribution in [0, 0.1) is 0 Å². The van der Waals surface area contributed by atoms with Gasteiger partial charge in [-0.15, -0.1) is 0 Å². The predicted octanol–water partition coefficient (Wildman–Crippen LogP) is 2.99. The van der Waals surface area contributed by atoms with Gasteiger partial charge in [0.1, 0.15) is 0 Å². The highest BCUT2D eigenvalue weighted by atomic mass is 35.5. The van der Waals surface area contributed by atoms with Crippen molar-refractivity contribution in [2.24, 2.45) is 0 Å². The van der Waals surface area contributed by atoms with Gasteiger partial charge in [0.05, 0.1) is 17.2 Å². The van der Waals surface area contributed by atoms with Gasteiger partial charge in [0, 0.05) is 11.6 Å². The number of hydrogen-bond acceptors (Lipinski definition) is 2. The molecule has 5 heteroatoms. The molecule has 3 rings (SSSR count). The molecular formula is C14H18ClN3O. The van der Waals surface area contributed by atoms with Crippen molar-refractivity contribution in [1.82, 2.24) is 14.5 Å². The fraction of sp³-hybridized carbons (Fsp3) is 0.500. The summed E-state index contributed by atoms with van der Waals surface area (Å²) in [6.45, 7) is 4.16. The number of aromatic amines is 1. The van der Waals surface area contributed by atoms with E-state index in [0.717, 1.165) is 30.5 Å². The number of rotatable bonds is 2. The number of nitrogens with one attached hydrogen (secondary N) is 1. The Labute approximate surface area is 117 Å². The van der Waals surface area contributed by atoms with Crippen LogP contribution in [0.25, 0.3) is 11.0 Å². The number of H-pyrrole nitrogens is 1. The molecule has 19 heavy (non-hydrogen) atoms. The van der Waals surface area contributed by atoms with E-state index in [1.807, 2.05) is 22.8 Å². The lowest BCUT2D eigenvalue weighted by Gasteiger charge is -2.35. The zero-order chi connectivity index (χ0) is 13.4. The summed E-state index contributed by atoms with van der Waals surface area (Å²) in [5, 5.41) is 0.666. The maximum atomic E-state index is 12.2. The van der Waals surface area contributed by atoms with Crippen LogP contribution < -0.4 is 5.69 Å². The summed E-state index contributed by atoms with van der Waals surface area (Å²) >= 11 is 6.07. The number of aromatic nitrogens is 2. The smallest absolute Gasteiger partial charge is 0.305 e. The summed E-state index contributed by atoms with van der Waals surface area (Å²) < 4.78 is 1.86. The van der Waals surface area contributed by atoms with E-state index in [4.69, 9.17) is 11.6 Å². The Morgan fingerprint density at radius 3 is 3.05 bits per heavy atom. The van der Waals surface area contributed by atoms with Crippen LogP contribution in [0.2, 0.25) is 5.02 Å². The number of piperidine rings is 1. The molecule has 1 fully saturated rings. The fourth-order valence-electron chi connectivity index (χ4n) is 3.03. The minimum Gasteiger partial charge on any atom is -0.305 e. The van der Waals surface area contributed by atoms with Gasteiger partial charge in [-0.05, 0) is 44.0 Å². The average Bonchev–Trinajstić information content (AvgIpc) is 2.74. The van der Waals surface area contributed by atoms with Crippen molar-refractivity contribution in [3.8, 4) is 0 Å². The quantitative estimate of drug-likeness (QED) is 0.918. The van der Waals surface area contributed by atoms with Crippen LogP contribution in [0.5, 0.6) is 0 Å². The maximum Gasteiger partial charge on any atom is 0.327 e. The lowest BCUT2D eigenvalue weighted by Crippen LogP contribution is -2.40. The summed E-state index contributed by atoms with van der Waals surface area (Å²) in [7, 11) is 0. The van der Waals surface area contributed by atoms with Gasteiger partial charge in [0.2, 0.25) is 0 Å². The zero-order valence-corrected chi connectivity index (χ0v) is 11.8. The Morgan fingerprint density at radius 1 is 1.42 bits per heavy atom. The average molecular weight is 280 g/mol. The lowest BCUT2D eigenvalue weighted by molar-refractivity contribution is 0.103. The van der Waals surface area contributed by atoms with Crippen LogP contribution >= 0.6 is 11.6 Å². The minimum atomic E-state index is -0.0392. The van der Waals surface area contributed by atoms with Gasteiger partial charge in [0.25, 0.3) is 0 Å². The molecule has 1 unspecified atom stereocenters. The molecule has 1 aromatic carbocycles. The van der Waals surface area contributed by atoms with Gasteiger partial charge < -0.3 is 4.98 Å². The van der Waals surface area contributed by atoms with Gasteiger partial charge in [-0.1, -0.05) is 18.5 Å². The van der Waals surface area contributed by atoms with Crippen LogP contribution in [0.1, 0.15) is 32.4 Å². The number of likely N-dealkylation sites (tertiary alicyclic amines) is 1. The van der Waals surface area contributed by atoms with Crippen molar-refractivity contribution in [3.05, 3.63) is 33.7 Å². The maximum absolute atomic E-state index is 12.2. The van der Waals surface area contributed by atoms with E-state index in [0.29, 0.717) is 5.02 Å². The molecule has 2 heterocycles. The number of fused-ring (bicyclic) bond motifs is 1. The third-order valence-corrected chi connectivity index (χ3v) is 4.20. The molecule has 0 spiro atoms. The molecule has 0 radical (unpaired) electrons. The molecule has 4 nitrogen and oxygen atoms in total. The summed E-state index contributed by atoms with van der Waals surface area (Å²) in [5.74, 6) is 0. The summed E-state index contributed by atoms with van der Waals surface area (Å²) in [6, 6.07) is 5.55. The zero-order valence-electron chi connectivity index (χ0n) is 11.0. The Kier molecular flexibility index (Phi) is 3.37. The molecule has 1 atom stereocenters. The third-order valence-electron chi connectivity index (χ3n) is 3.96. The van der Waals surface area contributed by atoms with E-state index in [1.165, 1.54) is 12.8 Å². The van der Waals surface area contributed by atoms with E-state index in [2.05, 4.69) is 16.8 Å². The van der Waals surface area contributed by atoms with Crippen molar-refractivity contribution >= 4 is 22.6 Å². The Bertz CT molecular complexity index is 646. The number of imidazole rings is 1. The van der Waals surface area contributed by atoms with Crippen LogP contribution in [0.4, 0.5) is 0 Å². The first-order valence-electron chi connectivity index (χ1n) is 6.84. The van der Waals surface area contributed by atoms with Gasteiger partial charge >= 0.3 is 5.69 Å². The van der Waals surface area contributed by atoms with Gasteiger partial charge in [-0.3, -0.25) is 9.47 Å². The molecule has 0 amide bonds. The molecule has 0 bridgehead atoms. The monoisotopic (exact) mass is 279 g/mol. The first-order valence-corrected chi connectivity index (χ1v) is 7.22. The van der Waals surface area contributed by atoms with Crippen molar-refractivity contribution < 1.29 is 0 Å². The highest BCUT2D eigenvalue weighted by Crippen LogP contribution is 2.28. The molecule has 2 aromatic rings. The first-order chi connectivity index (χ1) is 9.20. The largest absolute Gasteiger partial charge is 0.327 e. The van der Waals surface area contributed by atoms with E-state index >= 15 is 0 Å². The number of nitrogens with zero attached hydrogens (tertiary/aromatic N) is 2. The third kappa shape index (κ3) is 2.19. The molecule has 1 aromatic heterocycles. The van der Waals surface area contributed by atoms with Gasteiger partial charge in [-0.25, -0.2) is 4.79 Å². The number of benzene rings is 1. The van der Waals surface area contributed by atoms with Crippen LogP contribution in [-0.4, -0.2) is 27.5 Å². The summed E-state index contributed by atoms with van der Waals surface area (Å²) in [6.07, 6.45) is 3.55. The van der Waals surface area contributed by atoms with E-state index < -0.39 is 0 Å². The fourth-order valence-corrected chi connectivity index (χ4v) is 3.19. The molecule has 0 aliphatic carbocycles. The second-order valence-corrected chi connectivity index (χ2v) is 5.50. The van der Waals surface area contributed by atoms with Crippen molar-refractivity contribution in [1.29, 1.82) is 0 Å². The molecule has 1 aliphatic rings. The second-order valence-electron chi connectivity index (χ2n) is 5.07. The minimum absolute atomic E-state index is 0.0392. The molecule has 1 N–H and O–H groups in total. The first kappa shape index (κ1) is 12.8. The molecule has 1 aliphatic heterocycles. The molecule has 1 saturated heterocycles. The topological polar surface area (TPSA) is 41.0 Å². The molecule has 0 saturated carbocycles. The highest BCUT2D eigenvalue weighted by Gasteiger charge is 2.25. The van der Waals surface area contributed by atoms with E-state index in [9.17, 15) is 4.79 Å². The Balaban J connectivity index is 2.15. The van der Waals surface area contributed by atoms with Gasteiger partial charge in [0.15, 0.2) is 0 Å². The van der Waals surface area contributed by atoms with E-state index in [-0.39, 0.29) is 11.9 Å². The Hall–Kier alpha value is -1.26. The summed E-state index contributed by atoms with van der Waals surface area (Å²) in [5.41, 5.74) is 1.72. The highest BCUT2D eigenvalue weighted by molar-refractivity contribution is 6.31. The van der Waals surface area contributed by atoms with Gasteiger partial charge in [-0.2, -0.15) is 0 Å². The number of hydrogen-bond donors (Lipinski definition) is 1. The Morgan fingerprint density at radius 2 is 2.26 bits per heavy atom. The number of halogens is 1. The van der Waals surface area contributed by atoms with Crippen molar-refractivity contribution in [3.63, 3.8) is 0 Å². The molecular weight excluding hydrogens is 262 g/mol. The standard InChI is InChI=1S/C14H18ClN3O/c1-2-17-8-4-3-5-13(17)18-12-9-10(15)6-7-11(12)16-14(18)19/h6-7,9,13H,2-5,8H2,1H3,(H,16,19). The lowest BCUT2D eigenvalue weighted by atomic mass is 10.1. The van der Waals surface area contributed by atoms with Crippen LogP contribution in [0.15, 0.2) is 23.0 Å². The van der Waals surface area contributed by atoms with Crippen LogP contribution in [-0.2, 0) is 0 Å². The van der Waals surface area contributed by atoms with Crippen molar-refractivity contribution in [2.75, 3.05) is 13.1 Å². The molecule has 102 valence electrons. The van der Waals surface area contributed by atoms with Crippen molar-refractivity contribution in [2.45, 2.75) is 32.4 Å². The summed E-state index contributed by atoms with van der Waals surface area (Å²) in [4.78, 5) is 17.5. The predicted molar refractivity (Wildman–Crippen MR) is 77.7 cm³/mol. The second kappa shape index (κ2) is 5.02.